The van der Waals surface area contributed by atoms with E-state index in [4.69, 9.17) is 36.2 Å². The normalized spacial score (nSPS) is 6.56. The molecule has 0 saturated heterocycles. The minimum absolute atomic E-state index is 0. The Hall–Kier alpha value is 7.09. The summed E-state index contributed by atoms with van der Waals surface area (Å²) < 4.78 is 52.0. The summed E-state index contributed by atoms with van der Waals surface area (Å²) in [6, 6.07) is 0. The second-order valence-electron chi connectivity index (χ2n) is 1.10. The predicted octanol–water partition coefficient (Wildman–Crippen LogP) is -15.2. The Kier molecular flexibility index (Phi) is 97.6. The fourth-order valence-corrected chi connectivity index (χ4v) is 0. The molecule has 0 aromatic heterocycles. The number of aliphatic carboxylic acids is 1. The fraction of sp³-hybridized carbons (Fsp3) is 0.500. The van der Waals surface area contributed by atoms with Crippen LogP contribution in [0.1, 0.15) is 6.92 Å². The average Bonchev–Trinajstić information content (AvgIpc) is 1.50. The maximum atomic E-state index is 8.89. The number of rotatable bonds is 0. The van der Waals surface area contributed by atoms with Crippen LogP contribution >= 0.6 is 0 Å². The van der Waals surface area contributed by atoms with Gasteiger partial charge in [0.15, 0.2) is 0 Å². The van der Waals surface area contributed by atoms with E-state index in [1.165, 1.54) is 0 Å². The Balaban J connectivity index is -0.0000000123. The van der Waals surface area contributed by atoms with E-state index in [2.05, 4.69) is 11.7 Å². The Morgan fingerprint density at radius 1 is 1.11 bits per heavy atom. The maximum absolute atomic E-state index is 8.89. The van der Waals surface area contributed by atoms with E-state index >= 15 is 0 Å². The van der Waals surface area contributed by atoms with Crippen molar-refractivity contribution in [2.24, 2.45) is 0 Å². The molecule has 0 heterocycles. The van der Waals surface area contributed by atoms with E-state index in [1.807, 2.05) is 0 Å². The van der Waals surface area contributed by atoms with Gasteiger partial charge in [-0.15, -0.1) is 11.4 Å². The molecule has 16 heteroatoms. The van der Waals surface area contributed by atoms with E-state index in [9.17, 15) is 0 Å². The molecule has 0 rings (SSSR count). The molecule has 0 atom stereocenters. The van der Waals surface area contributed by atoms with E-state index in [1.54, 1.807) is 0 Å². The molecule has 0 aliphatic heterocycles. The van der Waals surface area contributed by atoms with Gasteiger partial charge in [0.1, 0.15) is 0 Å². The van der Waals surface area contributed by atoms with E-state index < -0.39 is 26.5 Å². The van der Waals surface area contributed by atoms with Gasteiger partial charge in [-0.3, -0.25) is 12.6 Å². The standard InChI is InChI=1S/C2H4O2.Ag.4K.H2O3S2.H2O3S/c1-2(3)4;;;;;;1-5(2,3)4;1-4(2)3/h1H3,(H,3,4);;;;;;(H2,1,2,3,4);(H2,1,2,3)/q;5*+1;;/p-5. The van der Waals surface area contributed by atoms with Crippen LogP contribution in [0.25, 0.3) is 0 Å². The monoisotopic (exact) mass is 514 g/mol. The van der Waals surface area contributed by atoms with Crippen molar-refractivity contribution in [3.63, 3.8) is 0 Å². The zero-order valence-electron chi connectivity index (χ0n) is 10.3. The molecule has 8 nitrogen and oxygen atoms in total. The van der Waals surface area contributed by atoms with Crippen LogP contribution in [0.3, 0.4) is 0 Å². The Bertz CT molecular complexity index is 231. The van der Waals surface area contributed by atoms with Crippen molar-refractivity contribution in [1.29, 1.82) is 0 Å². The van der Waals surface area contributed by atoms with Crippen LogP contribution in [0.4, 0.5) is 0 Å². The molecular weight excluding hydrogens is 512 g/mol. The first-order chi connectivity index (χ1) is 5.46. The quantitative estimate of drug-likeness (QED) is 0.100. The summed E-state index contributed by atoms with van der Waals surface area (Å²) in [6.07, 6.45) is 0. The van der Waals surface area contributed by atoms with Gasteiger partial charge in [0.25, 0.3) is 0 Å². The van der Waals surface area contributed by atoms with Gasteiger partial charge >= 0.3 is 228 Å². The van der Waals surface area contributed by atoms with Gasteiger partial charge in [-0.1, -0.05) is 0 Å². The molecule has 0 aliphatic rings. The van der Waals surface area contributed by atoms with Crippen molar-refractivity contribution >= 4 is 38.1 Å². The van der Waals surface area contributed by atoms with Crippen molar-refractivity contribution in [3.05, 3.63) is 0 Å². The number of hydrogen-bond acceptors (Lipinski definition) is 9. The van der Waals surface area contributed by atoms with Crippen LogP contribution in [0, 0.1) is 0 Å². The first kappa shape index (κ1) is 49.9. The number of carboxylic acid groups (broad SMARTS) is 1. The van der Waals surface area contributed by atoms with Gasteiger partial charge in [0.2, 0.25) is 0 Å². The molecule has 0 radical (unpaired) electrons. The summed E-state index contributed by atoms with van der Waals surface area (Å²) in [5.41, 5.74) is 0. The van der Waals surface area contributed by atoms with Crippen molar-refractivity contribution in [1.82, 2.24) is 0 Å². The van der Waals surface area contributed by atoms with E-state index in [0.29, 0.717) is 0 Å². The molecule has 0 fully saturated rings. The fourth-order valence-electron chi connectivity index (χ4n) is 0. The molecule has 0 bridgehead atoms. The number of carbonyl (C=O) groups excluding carboxylic acids is 1. The summed E-state index contributed by atoms with van der Waals surface area (Å²) >= 11 is 0.132. The van der Waals surface area contributed by atoms with Crippen LogP contribution in [0.2, 0.25) is 0 Å². The Morgan fingerprint density at radius 2 is 1.11 bits per heavy atom. The molecule has 0 aromatic rings. The molecule has 0 unspecified atom stereocenters. The van der Waals surface area contributed by atoms with Crippen LogP contribution in [-0.2, 0) is 59.3 Å². The minimum Gasteiger partial charge on any atom is -0.784 e. The third-order valence-electron chi connectivity index (χ3n) is 0. The Morgan fingerprint density at radius 3 is 1.11 bits per heavy atom. The van der Waals surface area contributed by atoms with Crippen molar-refractivity contribution < 1.29 is 264 Å². The Labute approximate surface area is 299 Å². The summed E-state index contributed by atoms with van der Waals surface area (Å²) in [7, 11) is -4.33. The smallest absolute Gasteiger partial charge is 0.784 e. The van der Waals surface area contributed by atoms with Crippen LogP contribution in [0.5, 0.6) is 0 Å². The van der Waals surface area contributed by atoms with Gasteiger partial charge in [0.05, 0.1) is 0 Å². The van der Waals surface area contributed by atoms with Gasteiger partial charge < -0.3 is 35.2 Å². The average molecular weight is 515 g/mol. The van der Waals surface area contributed by atoms with Gasteiger partial charge in [-0.2, -0.15) is 0 Å². The molecule has 0 saturated carbocycles. The SMILES string of the molecule is CC(=O)[O-].O=S(=O)([O-])[S-].O=S([O-])[O-].[Ag+].[K+].[K+].[K+].[K+]. The predicted molar refractivity (Wildman–Crippen MR) is 37.4 cm³/mol. The molecule has 0 aliphatic carbocycles. The molecular formula is C2H3AgK4O8S3. The van der Waals surface area contributed by atoms with Crippen molar-refractivity contribution in [2.75, 3.05) is 0 Å². The van der Waals surface area contributed by atoms with Crippen molar-refractivity contribution in [3.8, 4) is 0 Å². The zero-order chi connectivity index (χ0) is 11.7. The molecule has 92 valence electrons. The van der Waals surface area contributed by atoms with Crippen LogP contribution < -0.4 is 211 Å². The maximum Gasteiger partial charge on any atom is 1.00 e. The summed E-state index contributed by atoms with van der Waals surface area (Å²) in [6.45, 7) is 0.972. The molecule has 0 spiro atoms. The van der Waals surface area contributed by atoms with Gasteiger partial charge in [0, 0.05) is 5.97 Å². The summed E-state index contributed by atoms with van der Waals surface area (Å²) in [5, 5.41) is 8.89. The molecule has 18 heavy (non-hydrogen) atoms. The zero-order valence-corrected chi connectivity index (χ0v) is 26.7. The second-order valence-corrected chi connectivity index (χ2v) is 3.55. The second kappa shape index (κ2) is 35.2. The third kappa shape index (κ3) is 224. The van der Waals surface area contributed by atoms with Gasteiger partial charge in [-0.25, -0.2) is 0 Å². The van der Waals surface area contributed by atoms with Gasteiger partial charge in [-0.05, 0) is 16.1 Å². The first-order valence-corrected chi connectivity index (χ1v) is 5.41. The number of carbonyl (C=O) groups is 1. The molecule has 0 N–H and O–H groups in total. The topological polar surface area (TPSA) is 161 Å². The van der Waals surface area contributed by atoms with Crippen molar-refractivity contribution in [2.45, 2.75) is 6.92 Å². The summed E-state index contributed by atoms with van der Waals surface area (Å²) in [4.78, 5) is 8.89. The third-order valence-corrected chi connectivity index (χ3v) is 0. The molecule has 0 amide bonds. The van der Waals surface area contributed by atoms with Crippen LogP contribution in [-0.4, -0.2) is 32.3 Å². The van der Waals surface area contributed by atoms with E-state index in [-0.39, 0.29) is 228 Å². The van der Waals surface area contributed by atoms with Crippen LogP contribution in [0.15, 0.2) is 0 Å². The van der Waals surface area contributed by atoms with E-state index in [0.717, 1.165) is 6.92 Å². The molecule has 0 aromatic carbocycles. The first-order valence-electron chi connectivity index (χ1n) is 2.07. The minimum atomic E-state index is -4.33. The summed E-state index contributed by atoms with van der Waals surface area (Å²) in [5.74, 6) is -1.08. The number of hydrogen-bond donors (Lipinski definition) is 0. The largest absolute Gasteiger partial charge is 1.00 e. The number of carboxylic acids is 1.